The third-order valence-electron chi connectivity index (χ3n) is 4.63. The molecule has 0 aliphatic rings. The van der Waals surface area contributed by atoms with Crippen molar-refractivity contribution in [2.24, 2.45) is 0 Å². The van der Waals surface area contributed by atoms with Crippen LogP contribution in [-0.2, 0) is 5.41 Å². The third kappa shape index (κ3) is 3.48. The zero-order valence-electron chi connectivity index (χ0n) is 16.6. The first-order valence-electron chi connectivity index (χ1n) is 9.43. The van der Waals surface area contributed by atoms with Crippen molar-refractivity contribution < 1.29 is 9.26 Å². The molecular weight excluding hydrogens is 350 g/mol. The van der Waals surface area contributed by atoms with E-state index in [0.717, 1.165) is 22.0 Å². The molecule has 2 heterocycles. The molecule has 0 radical (unpaired) electrons. The molecule has 0 N–H and O–H groups in total. The van der Waals surface area contributed by atoms with Gasteiger partial charge in [0.05, 0.1) is 17.7 Å². The summed E-state index contributed by atoms with van der Waals surface area (Å²) in [6, 6.07) is 18.1. The molecule has 0 bridgehead atoms. The van der Waals surface area contributed by atoms with Crippen molar-refractivity contribution in [2.75, 3.05) is 6.61 Å². The van der Waals surface area contributed by atoms with Crippen molar-refractivity contribution in [3.63, 3.8) is 0 Å². The average Bonchev–Trinajstić information content (AvgIpc) is 3.17. The minimum absolute atomic E-state index is 0.0989. The van der Waals surface area contributed by atoms with E-state index in [1.165, 1.54) is 5.56 Å². The highest BCUT2D eigenvalue weighted by molar-refractivity contribution is 5.85. The van der Waals surface area contributed by atoms with Gasteiger partial charge in [-0.3, -0.25) is 0 Å². The van der Waals surface area contributed by atoms with Crippen molar-refractivity contribution in [3.8, 4) is 28.7 Å². The molecule has 4 aromatic rings. The van der Waals surface area contributed by atoms with Gasteiger partial charge in [0.2, 0.25) is 11.7 Å². The Hall–Kier alpha value is -3.21. The van der Waals surface area contributed by atoms with Gasteiger partial charge in [-0.1, -0.05) is 56.3 Å². The number of ether oxygens (including phenoxy) is 1. The lowest BCUT2D eigenvalue weighted by Crippen LogP contribution is -2.10. The molecule has 0 aliphatic carbocycles. The summed E-state index contributed by atoms with van der Waals surface area (Å²) in [5.74, 6) is 1.46. The predicted molar refractivity (Wildman–Crippen MR) is 110 cm³/mol. The van der Waals surface area contributed by atoms with Gasteiger partial charge in [0.15, 0.2) is 0 Å². The smallest absolute Gasteiger partial charge is 0.258 e. The van der Waals surface area contributed by atoms with Gasteiger partial charge < -0.3 is 9.26 Å². The van der Waals surface area contributed by atoms with E-state index in [4.69, 9.17) is 9.26 Å². The molecule has 0 amide bonds. The van der Waals surface area contributed by atoms with E-state index in [1.54, 1.807) is 0 Å². The summed E-state index contributed by atoms with van der Waals surface area (Å²) in [4.78, 5) is 9.21. The van der Waals surface area contributed by atoms with E-state index in [0.29, 0.717) is 24.2 Å². The molecule has 28 heavy (non-hydrogen) atoms. The second kappa shape index (κ2) is 7.08. The first kappa shape index (κ1) is 18.2. The Morgan fingerprint density at radius 2 is 1.71 bits per heavy atom. The van der Waals surface area contributed by atoms with Crippen LogP contribution in [0.2, 0.25) is 0 Å². The van der Waals surface area contributed by atoms with Crippen molar-refractivity contribution in [1.29, 1.82) is 0 Å². The maximum Gasteiger partial charge on any atom is 0.258 e. The molecule has 0 aliphatic heterocycles. The van der Waals surface area contributed by atoms with E-state index in [2.05, 4.69) is 48.0 Å². The normalized spacial score (nSPS) is 11.7. The number of aromatic nitrogens is 3. The molecule has 0 atom stereocenters. The van der Waals surface area contributed by atoms with E-state index >= 15 is 0 Å². The summed E-state index contributed by atoms with van der Waals surface area (Å²) >= 11 is 0. The van der Waals surface area contributed by atoms with Crippen LogP contribution >= 0.6 is 0 Å². The highest BCUT2D eigenvalue weighted by Gasteiger charge is 2.18. The van der Waals surface area contributed by atoms with Gasteiger partial charge in [0.1, 0.15) is 0 Å². The lowest BCUT2D eigenvalue weighted by atomic mass is 9.87. The maximum atomic E-state index is 5.73. The van der Waals surface area contributed by atoms with Crippen molar-refractivity contribution in [1.82, 2.24) is 15.1 Å². The van der Waals surface area contributed by atoms with E-state index < -0.39 is 0 Å². The fourth-order valence-corrected chi connectivity index (χ4v) is 3.07. The van der Waals surface area contributed by atoms with E-state index in [1.807, 2.05) is 49.4 Å². The van der Waals surface area contributed by atoms with Crippen LogP contribution in [0.5, 0.6) is 5.88 Å². The van der Waals surface area contributed by atoms with Gasteiger partial charge in [0, 0.05) is 10.9 Å². The predicted octanol–water partition coefficient (Wildman–Crippen LogP) is 5.65. The average molecular weight is 373 g/mol. The molecule has 2 aromatic carbocycles. The lowest BCUT2D eigenvalue weighted by Gasteiger charge is -2.18. The molecule has 0 unspecified atom stereocenters. The summed E-state index contributed by atoms with van der Waals surface area (Å²) < 4.78 is 11.3. The fraction of sp³-hybridized carbons (Fsp3) is 0.261. The van der Waals surface area contributed by atoms with Crippen molar-refractivity contribution >= 4 is 10.9 Å². The number of hydrogen-bond donors (Lipinski definition) is 0. The van der Waals surface area contributed by atoms with Crippen LogP contribution in [0.15, 0.2) is 59.1 Å². The van der Waals surface area contributed by atoms with Crippen molar-refractivity contribution in [3.05, 3.63) is 60.2 Å². The molecule has 0 saturated carbocycles. The maximum absolute atomic E-state index is 5.73. The second-order valence-electron chi connectivity index (χ2n) is 7.72. The Labute approximate surface area is 164 Å². The van der Waals surface area contributed by atoms with Crippen LogP contribution in [0.4, 0.5) is 0 Å². The highest BCUT2D eigenvalue weighted by Crippen LogP contribution is 2.32. The molecular formula is C23H23N3O2. The standard InChI is InChI=1S/C23H23N3O2/c1-5-27-22-18(14-16-8-6-7-9-19(16)24-22)20-25-21(28-26-20)15-10-12-17(13-11-15)23(2,3)4/h6-14H,5H2,1-4H3. The Bertz CT molecular complexity index is 1110. The largest absolute Gasteiger partial charge is 0.477 e. The summed E-state index contributed by atoms with van der Waals surface area (Å²) in [5.41, 5.74) is 3.84. The molecule has 5 nitrogen and oxygen atoms in total. The Morgan fingerprint density at radius 3 is 2.43 bits per heavy atom. The Balaban J connectivity index is 1.73. The van der Waals surface area contributed by atoms with Gasteiger partial charge in [-0.25, -0.2) is 4.98 Å². The second-order valence-corrected chi connectivity index (χ2v) is 7.72. The summed E-state index contributed by atoms with van der Waals surface area (Å²) in [7, 11) is 0. The molecule has 142 valence electrons. The minimum Gasteiger partial charge on any atom is -0.477 e. The SMILES string of the molecule is CCOc1nc2ccccc2cc1-c1noc(-c2ccc(C(C)(C)C)cc2)n1. The monoisotopic (exact) mass is 373 g/mol. The number of nitrogens with zero attached hydrogens (tertiary/aromatic N) is 3. The Kier molecular flexibility index (Phi) is 4.59. The van der Waals surface area contributed by atoms with Crippen LogP contribution in [0.1, 0.15) is 33.3 Å². The number of hydrogen-bond acceptors (Lipinski definition) is 5. The van der Waals surface area contributed by atoms with Gasteiger partial charge in [-0.05, 0) is 42.2 Å². The molecule has 5 heteroatoms. The molecule has 0 fully saturated rings. The van der Waals surface area contributed by atoms with Crippen LogP contribution in [0, 0.1) is 0 Å². The molecule has 2 aromatic heterocycles. The van der Waals surface area contributed by atoms with Gasteiger partial charge in [0.25, 0.3) is 5.89 Å². The zero-order chi connectivity index (χ0) is 19.7. The number of benzene rings is 2. The number of para-hydroxylation sites is 1. The fourth-order valence-electron chi connectivity index (χ4n) is 3.07. The van der Waals surface area contributed by atoms with Crippen LogP contribution in [-0.4, -0.2) is 21.7 Å². The quantitative estimate of drug-likeness (QED) is 0.463. The van der Waals surface area contributed by atoms with Gasteiger partial charge in [-0.2, -0.15) is 4.98 Å². The first-order chi connectivity index (χ1) is 13.5. The molecule has 4 rings (SSSR count). The molecule has 0 saturated heterocycles. The third-order valence-corrected chi connectivity index (χ3v) is 4.63. The molecule has 0 spiro atoms. The summed E-state index contributed by atoms with van der Waals surface area (Å²) in [6.45, 7) is 9.01. The lowest BCUT2D eigenvalue weighted by molar-refractivity contribution is 0.329. The van der Waals surface area contributed by atoms with E-state index in [-0.39, 0.29) is 5.41 Å². The highest BCUT2D eigenvalue weighted by atomic mass is 16.5. The van der Waals surface area contributed by atoms with Gasteiger partial charge >= 0.3 is 0 Å². The van der Waals surface area contributed by atoms with Gasteiger partial charge in [-0.15, -0.1) is 0 Å². The van der Waals surface area contributed by atoms with Crippen LogP contribution < -0.4 is 4.74 Å². The number of rotatable bonds is 4. The van der Waals surface area contributed by atoms with Crippen LogP contribution in [0.25, 0.3) is 33.7 Å². The minimum atomic E-state index is 0.0989. The van der Waals surface area contributed by atoms with Crippen molar-refractivity contribution in [2.45, 2.75) is 33.1 Å². The number of fused-ring (bicyclic) bond motifs is 1. The van der Waals surface area contributed by atoms with E-state index in [9.17, 15) is 0 Å². The zero-order valence-corrected chi connectivity index (χ0v) is 16.6. The summed E-state index contributed by atoms with van der Waals surface area (Å²) in [5, 5.41) is 5.18. The first-order valence-corrected chi connectivity index (χ1v) is 9.43. The Morgan fingerprint density at radius 1 is 0.964 bits per heavy atom. The van der Waals surface area contributed by atoms with Crippen LogP contribution in [0.3, 0.4) is 0 Å². The summed E-state index contributed by atoms with van der Waals surface area (Å²) in [6.07, 6.45) is 0. The number of pyridine rings is 1. The topological polar surface area (TPSA) is 61.0 Å².